The fourth-order valence-corrected chi connectivity index (χ4v) is 1.98. The van der Waals surface area contributed by atoms with Gasteiger partial charge in [0.2, 0.25) is 11.8 Å². The maximum absolute atomic E-state index is 11.8. The Kier molecular flexibility index (Phi) is 5.12. The number of rotatable bonds is 5. The van der Waals surface area contributed by atoms with Crippen LogP contribution >= 0.6 is 0 Å². The molecule has 1 saturated carbocycles. The third kappa shape index (κ3) is 4.01. The maximum Gasteiger partial charge on any atom is 0.325 e. The zero-order valence-corrected chi connectivity index (χ0v) is 10.7. The molecule has 2 amide bonds. The molecule has 3 N–H and O–H groups in total. The average molecular weight is 256 g/mol. The first-order valence-electron chi connectivity index (χ1n) is 6.25. The quantitative estimate of drug-likeness (QED) is 0.658. The second-order valence-electron chi connectivity index (χ2n) is 4.78. The molecule has 0 bridgehead atoms. The van der Waals surface area contributed by atoms with Crippen LogP contribution in [0, 0.1) is 5.92 Å². The van der Waals surface area contributed by atoms with E-state index in [0.29, 0.717) is 0 Å². The van der Waals surface area contributed by atoms with Gasteiger partial charge in [-0.05, 0) is 26.7 Å². The fraction of sp³-hybridized carbons (Fsp3) is 0.750. The van der Waals surface area contributed by atoms with E-state index in [-0.39, 0.29) is 11.8 Å². The van der Waals surface area contributed by atoms with Gasteiger partial charge in [-0.25, -0.2) is 0 Å². The zero-order chi connectivity index (χ0) is 13.7. The van der Waals surface area contributed by atoms with Gasteiger partial charge in [-0.3, -0.25) is 14.4 Å². The maximum atomic E-state index is 11.8. The highest BCUT2D eigenvalue weighted by molar-refractivity contribution is 5.90. The minimum atomic E-state index is -1.10. The van der Waals surface area contributed by atoms with Crippen molar-refractivity contribution in [3.8, 4) is 0 Å². The Morgan fingerprint density at radius 3 is 2.11 bits per heavy atom. The van der Waals surface area contributed by atoms with E-state index in [1.165, 1.54) is 6.92 Å². The summed E-state index contributed by atoms with van der Waals surface area (Å²) in [6.07, 6.45) is 3.83. The summed E-state index contributed by atoms with van der Waals surface area (Å²) in [6.45, 7) is 2.93. The smallest absolute Gasteiger partial charge is 0.325 e. The van der Waals surface area contributed by atoms with Gasteiger partial charge in [0.05, 0.1) is 0 Å². The first kappa shape index (κ1) is 14.5. The Morgan fingerprint density at radius 1 is 1.06 bits per heavy atom. The molecule has 0 aromatic heterocycles. The molecule has 0 spiro atoms. The van der Waals surface area contributed by atoms with Crippen molar-refractivity contribution in [2.45, 2.75) is 51.6 Å². The van der Waals surface area contributed by atoms with Crippen LogP contribution in [-0.2, 0) is 14.4 Å². The summed E-state index contributed by atoms with van der Waals surface area (Å²) in [5.41, 5.74) is 0. The van der Waals surface area contributed by atoms with E-state index in [9.17, 15) is 14.4 Å². The number of carbonyl (C=O) groups is 3. The summed E-state index contributed by atoms with van der Waals surface area (Å²) in [4.78, 5) is 34.0. The molecule has 1 fully saturated rings. The lowest BCUT2D eigenvalue weighted by molar-refractivity contribution is -0.141. The summed E-state index contributed by atoms with van der Waals surface area (Å²) < 4.78 is 0. The second-order valence-corrected chi connectivity index (χ2v) is 4.78. The largest absolute Gasteiger partial charge is 0.480 e. The first-order chi connectivity index (χ1) is 8.41. The van der Waals surface area contributed by atoms with Gasteiger partial charge in [-0.15, -0.1) is 0 Å². The molecule has 0 heterocycles. The van der Waals surface area contributed by atoms with E-state index in [0.717, 1.165) is 25.7 Å². The zero-order valence-electron chi connectivity index (χ0n) is 10.7. The Bertz CT molecular complexity index is 337. The predicted octanol–water partition coefficient (Wildman–Crippen LogP) is 0.271. The Balaban J connectivity index is 2.39. The van der Waals surface area contributed by atoms with E-state index in [4.69, 9.17) is 5.11 Å². The van der Waals surface area contributed by atoms with Crippen LogP contribution in [0.2, 0.25) is 0 Å². The summed E-state index contributed by atoms with van der Waals surface area (Å²) in [6, 6.07) is -1.66. The molecule has 1 aliphatic rings. The molecular formula is C12H20N2O4. The lowest BCUT2D eigenvalue weighted by atomic mass is 10.1. The lowest BCUT2D eigenvalue weighted by Gasteiger charge is -2.18. The molecule has 0 radical (unpaired) electrons. The molecule has 2 atom stereocenters. The SMILES string of the molecule is CC(NC(=O)C1CCCC1)C(=O)N[C@@H](C)C(=O)O. The van der Waals surface area contributed by atoms with Crippen LogP contribution in [0.3, 0.4) is 0 Å². The van der Waals surface area contributed by atoms with E-state index in [2.05, 4.69) is 10.6 Å². The van der Waals surface area contributed by atoms with Crippen molar-refractivity contribution in [3.05, 3.63) is 0 Å². The van der Waals surface area contributed by atoms with Gasteiger partial charge in [0.25, 0.3) is 0 Å². The van der Waals surface area contributed by atoms with Crippen LogP contribution in [0.5, 0.6) is 0 Å². The Labute approximate surface area is 106 Å². The summed E-state index contributed by atoms with van der Waals surface area (Å²) >= 11 is 0. The molecular weight excluding hydrogens is 236 g/mol. The lowest BCUT2D eigenvalue weighted by Crippen LogP contribution is -2.50. The van der Waals surface area contributed by atoms with E-state index >= 15 is 0 Å². The fourth-order valence-electron chi connectivity index (χ4n) is 1.98. The highest BCUT2D eigenvalue weighted by atomic mass is 16.4. The van der Waals surface area contributed by atoms with Gasteiger partial charge < -0.3 is 15.7 Å². The third-order valence-corrected chi connectivity index (χ3v) is 3.21. The van der Waals surface area contributed by atoms with Crippen LogP contribution in [0.1, 0.15) is 39.5 Å². The summed E-state index contributed by atoms with van der Waals surface area (Å²) in [7, 11) is 0. The van der Waals surface area contributed by atoms with Gasteiger partial charge in [0.1, 0.15) is 12.1 Å². The molecule has 102 valence electrons. The van der Waals surface area contributed by atoms with Crippen LogP contribution in [0.4, 0.5) is 0 Å². The molecule has 18 heavy (non-hydrogen) atoms. The second kappa shape index (κ2) is 6.37. The summed E-state index contributed by atoms with van der Waals surface area (Å²) in [5.74, 6) is -1.69. The minimum Gasteiger partial charge on any atom is -0.480 e. The molecule has 1 aliphatic carbocycles. The molecule has 6 heteroatoms. The predicted molar refractivity (Wildman–Crippen MR) is 64.8 cm³/mol. The number of carboxylic acids is 1. The van der Waals surface area contributed by atoms with Crippen molar-refractivity contribution >= 4 is 17.8 Å². The van der Waals surface area contributed by atoms with Crippen LogP contribution in [0.25, 0.3) is 0 Å². The van der Waals surface area contributed by atoms with Gasteiger partial charge in [-0.1, -0.05) is 12.8 Å². The molecule has 0 saturated heterocycles. The van der Waals surface area contributed by atoms with Crippen molar-refractivity contribution < 1.29 is 19.5 Å². The Morgan fingerprint density at radius 2 is 1.61 bits per heavy atom. The third-order valence-electron chi connectivity index (χ3n) is 3.21. The molecule has 6 nitrogen and oxygen atoms in total. The van der Waals surface area contributed by atoms with Crippen molar-refractivity contribution in [1.29, 1.82) is 0 Å². The highest BCUT2D eigenvalue weighted by Gasteiger charge is 2.26. The van der Waals surface area contributed by atoms with Crippen molar-refractivity contribution in [2.75, 3.05) is 0 Å². The van der Waals surface area contributed by atoms with Gasteiger partial charge >= 0.3 is 5.97 Å². The monoisotopic (exact) mass is 256 g/mol. The number of aliphatic carboxylic acids is 1. The summed E-state index contributed by atoms with van der Waals surface area (Å²) in [5, 5.41) is 13.6. The standard InChI is InChI=1S/C12H20N2O4/c1-7(10(15)14-8(2)12(17)18)13-11(16)9-5-3-4-6-9/h7-9H,3-6H2,1-2H3,(H,13,16)(H,14,15)(H,17,18)/t7?,8-/m0/s1. The topological polar surface area (TPSA) is 95.5 Å². The van der Waals surface area contributed by atoms with Crippen molar-refractivity contribution in [2.24, 2.45) is 5.92 Å². The minimum absolute atomic E-state index is 0.00264. The van der Waals surface area contributed by atoms with E-state index < -0.39 is 24.0 Å². The number of carbonyl (C=O) groups excluding carboxylic acids is 2. The van der Waals surface area contributed by atoms with E-state index in [1.54, 1.807) is 6.92 Å². The molecule has 0 aromatic rings. The van der Waals surface area contributed by atoms with Gasteiger partial charge in [0, 0.05) is 5.92 Å². The average Bonchev–Trinajstić information content (AvgIpc) is 2.81. The van der Waals surface area contributed by atoms with Crippen LogP contribution < -0.4 is 10.6 Å². The van der Waals surface area contributed by atoms with Crippen LogP contribution in [-0.4, -0.2) is 35.0 Å². The molecule has 1 rings (SSSR count). The number of nitrogens with one attached hydrogen (secondary N) is 2. The van der Waals surface area contributed by atoms with Crippen LogP contribution in [0.15, 0.2) is 0 Å². The number of carboxylic acid groups (broad SMARTS) is 1. The highest BCUT2D eigenvalue weighted by Crippen LogP contribution is 2.24. The number of hydrogen-bond donors (Lipinski definition) is 3. The number of hydrogen-bond acceptors (Lipinski definition) is 3. The van der Waals surface area contributed by atoms with Gasteiger partial charge in [0.15, 0.2) is 0 Å². The van der Waals surface area contributed by atoms with Crippen molar-refractivity contribution in [3.63, 3.8) is 0 Å². The first-order valence-corrected chi connectivity index (χ1v) is 6.25. The van der Waals surface area contributed by atoms with Crippen molar-refractivity contribution in [1.82, 2.24) is 10.6 Å². The normalized spacial score (nSPS) is 19.0. The Hall–Kier alpha value is -1.59. The van der Waals surface area contributed by atoms with E-state index in [1.807, 2.05) is 0 Å². The molecule has 0 aromatic carbocycles. The molecule has 1 unspecified atom stereocenters. The number of amides is 2. The molecule has 0 aliphatic heterocycles. The van der Waals surface area contributed by atoms with Gasteiger partial charge in [-0.2, -0.15) is 0 Å².